The third-order valence-corrected chi connectivity index (χ3v) is 3.33. The van der Waals surface area contributed by atoms with Crippen LogP contribution in [-0.2, 0) is 4.79 Å². The zero-order valence-electron chi connectivity index (χ0n) is 8.83. The molecule has 1 N–H and O–H groups in total. The number of amides is 1. The molecule has 0 spiro atoms. The molecule has 2 aliphatic heterocycles. The third-order valence-electron chi connectivity index (χ3n) is 3.33. The Balaban J connectivity index is 1.72. The van der Waals surface area contributed by atoms with Crippen molar-refractivity contribution in [2.24, 2.45) is 5.92 Å². The summed E-state index contributed by atoms with van der Waals surface area (Å²) in [4.78, 5) is 11.3. The summed E-state index contributed by atoms with van der Waals surface area (Å²) in [5.74, 6) is 1.08. The fourth-order valence-corrected chi connectivity index (χ4v) is 2.25. The van der Waals surface area contributed by atoms with Gasteiger partial charge in [0.05, 0.1) is 0 Å². The average Bonchev–Trinajstić information content (AvgIpc) is 2.77. The molecule has 0 bridgehead atoms. The van der Waals surface area contributed by atoms with Gasteiger partial charge in [0, 0.05) is 26.6 Å². The van der Waals surface area contributed by atoms with Crippen LogP contribution < -0.4 is 5.32 Å². The van der Waals surface area contributed by atoms with Crippen LogP contribution in [0.2, 0.25) is 0 Å². The second-order valence-electron chi connectivity index (χ2n) is 4.27. The average molecular weight is 197 g/mol. The molecule has 0 aliphatic carbocycles. The predicted octanol–water partition coefficient (Wildman–Crippen LogP) is 0.0651. The van der Waals surface area contributed by atoms with Gasteiger partial charge in [-0.2, -0.15) is 0 Å². The maximum absolute atomic E-state index is 11.3. The molecule has 2 saturated heterocycles. The number of carbonyl (C=O) groups excluding carboxylic acids is 1. The Kier molecular flexibility index (Phi) is 3.03. The van der Waals surface area contributed by atoms with Crippen molar-refractivity contribution >= 4 is 5.91 Å². The number of rotatable bonds is 3. The van der Waals surface area contributed by atoms with Gasteiger partial charge in [0.2, 0.25) is 5.91 Å². The van der Waals surface area contributed by atoms with Gasteiger partial charge in [0.1, 0.15) is 0 Å². The summed E-state index contributed by atoms with van der Waals surface area (Å²) >= 11 is 0. The van der Waals surface area contributed by atoms with Crippen molar-refractivity contribution in [3.8, 4) is 0 Å². The second kappa shape index (κ2) is 4.28. The number of nitrogens with one attached hydrogen (secondary N) is 1. The summed E-state index contributed by atoms with van der Waals surface area (Å²) in [6, 6.07) is 0. The lowest BCUT2D eigenvalue weighted by atomic mass is 10.1. The van der Waals surface area contributed by atoms with E-state index in [9.17, 15) is 4.79 Å². The second-order valence-corrected chi connectivity index (χ2v) is 4.27. The highest BCUT2D eigenvalue weighted by molar-refractivity contribution is 5.77. The minimum atomic E-state index is 0.259. The van der Waals surface area contributed by atoms with Crippen molar-refractivity contribution in [3.63, 3.8) is 0 Å². The fraction of sp³-hybridized carbons (Fsp3) is 0.900. The topological polar surface area (TPSA) is 35.6 Å². The summed E-state index contributed by atoms with van der Waals surface area (Å²) in [7, 11) is 1.88. The molecule has 0 aromatic rings. The molecule has 0 aromatic carbocycles. The van der Waals surface area contributed by atoms with E-state index in [1.807, 2.05) is 7.05 Å². The Bertz CT molecular complexity index is 213. The van der Waals surface area contributed by atoms with Crippen LogP contribution in [0.15, 0.2) is 0 Å². The molecular weight excluding hydrogens is 178 g/mol. The first kappa shape index (κ1) is 9.93. The first-order valence-electron chi connectivity index (χ1n) is 5.49. The predicted molar refractivity (Wildman–Crippen MR) is 54.6 cm³/mol. The van der Waals surface area contributed by atoms with Crippen LogP contribution in [0, 0.1) is 5.92 Å². The number of hydrogen-bond acceptors (Lipinski definition) is 3. The molecule has 2 aliphatic rings. The molecule has 4 heteroatoms. The van der Waals surface area contributed by atoms with E-state index < -0.39 is 0 Å². The Morgan fingerprint density at radius 3 is 3.00 bits per heavy atom. The summed E-state index contributed by atoms with van der Waals surface area (Å²) in [5.41, 5.74) is 0. The lowest BCUT2D eigenvalue weighted by molar-refractivity contribution is -0.135. The third kappa shape index (κ3) is 2.07. The van der Waals surface area contributed by atoms with Crippen molar-refractivity contribution in [2.75, 3.05) is 33.2 Å². The lowest BCUT2D eigenvalue weighted by Crippen LogP contribution is -2.36. The van der Waals surface area contributed by atoms with Gasteiger partial charge >= 0.3 is 0 Å². The van der Waals surface area contributed by atoms with Crippen LogP contribution >= 0.6 is 0 Å². The molecule has 2 rings (SSSR count). The molecule has 14 heavy (non-hydrogen) atoms. The molecule has 0 radical (unpaired) electrons. The van der Waals surface area contributed by atoms with Crippen LogP contribution in [0.3, 0.4) is 0 Å². The maximum atomic E-state index is 11.3. The minimum absolute atomic E-state index is 0.259. The van der Waals surface area contributed by atoms with Crippen LogP contribution in [0.5, 0.6) is 0 Å². The van der Waals surface area contributed by atoms with Crippen molar-refractivity contribution in [1.82, 2.24) is 15.3 Å². The molecule has 1 amide bonds. The standard InChI is InChI=1S/C10H19N3O/c1-12-10(14)4-7-13(12)6-3-9-2-5-11-8-9/h9,11H,2-8H2,1H3. The number of nitrogens with zero attached hydrogens (tertiary/aromatic N) is 2. The molecule has 0 saturated carbocycles. The Morgan fingerprint density at radius 2 is 2.43 bits per heavy atom. The summed E-state index contributed by atoms with van der Waals surface area (Å²) in [6.45, 7) is 4.27. The largest absolute Gasteiger partial charge is 0.316 e. The molecule has 2 heterocycles. The van der Waals surface area contributed by atoms with Crippen molar-refractivity contribution in [1.29, 1.82) is 0 Å². The van der Waals surface area contributed by atoms with E-state index in [1.165, 1.54) is 19.4 Å². The quantitative estimate of drug-likeness (QED) is 0.695. The van der Waals surface area contributed by atoms with Crippen molar-refractivity contribution in [2.45, 2.75) is 19.3 Å². The van der Waals surface area contributed by atoms with Gasteiger partial charge in [-0.1, -0.05) is 0 Å². The first-order valence-corrected chi connectivity index (χ1v) is 5.49. The normalized spacial score (nSPS) is 29.1. The van der Waals surface area contributed by atoms with Gasteiger partial charge in [0.25, 0.3) is 0 Å². The number of carbonyl (C=O) groups is 1. The van der Waals surface area contributed by atoms with Crippen LogP contribution in [0.25, 0.3) is 0 Å². The van der Waals surface area contributed by atoms with E-state index in [0.717, 1.165) is 25.6 Å². The first-order chi connectivity index (χ1) is 6.77. The van der Waals surface area contributed by atoms with Gasteiger partial charge in [-0.05, 0) is 31.8 Å². The summed E-state index contributed by atoms with van der Waals surface area (Å²) in [6.07, 6.45) is 3.20. The highest BCUT2D eigenvalue weighted by Crippen LogP contribution is 2.16. The van der Waals surface area contributed by atoms with Gasteiger partial charge in [0.15, 0.2) is 0 Å². The van der Waals surface area contributed by atoms with Gasteiger partial charge in [-0.15, -0.1) is 0 Å². The highest BCUT2D eigenvalue weighted by Gasteiger charge is 2.25. The lowest BCUT2D eigenvalue weighted by Gasteiger charge is -2.24. The van der Waals surface area contributed by atoms with E-state index in [-0.39, 0.29) is 5.91 Å². The zero-order chi connectivity index (χ0) is 9.97. The Morgan fingerprint density at radius 1 is 1.57 bits per heavy atom. The van der Waals surface area contributed by atoms with Crippen LogP contribution in [-0.4, -0.2) is 49.2 Å². The van der Waals surface area contributed by atoms with E-state index in [1.54, 1.807) is 5.01 Å². The molecule has 2 fully saturated rings. The molecule has 1 atom stereocenters. The van der Waals surface area contributed by atoms with E-state index in [4.69, 9.17) is 0 Å². The van der Waals surface area contributed by atoms with E-state index in [0.29, 0.717) is 6.42 Å². The maximum Gasteiger partial charge on any atom is 0.237 e. The van der Waals surface area contributed by atoms with Gasteiger partial charge < -0.3 is 5.32 Å². The minimum Gasteiger partial charge on any atom is -0.316 e. The van der Waals surface area contributed by atoms with E-state index >= 15 is 0 Å². The van der Waals surface area contributed by atoms with Crippen molar-refractivity contribution < 1.29 is 4.79 Å². The van der Waals surface area contributed by atoms with Gasteiger partial charge in [-0.25, -0.2) is 5.01 Å². The van der Waals surface area contributed by atoms with E-state index in [2.05, 4.69) is 10.3 Å². The van der Waals surface area contributed by atoms with Gasteiger partial charge in [-0.3, -0.25) is 9.80 Å². The Hall–Kier alpha value is -0.610. The number of hydrogen-bond donors (Lipinski definition) is 1. The van der Waals surface area contributed by atoms with Crippen LogP contribution in [0.1, 0.15) is 19.3 Å². The monoisotopic (exact) mass is 197 g/mol. The smallest absolute Gasteiger partial charge is 0.237 e. The summed E-state index contributed by atoms with van der Waals surface area (Å²) < 4.78 is 0. The summed E-state index contributed by atoms with van der Waals surface area (Å²) in [5, 5.41) is 7.32. The number of hydrazine groups is 1. The zero-order valence-corrected chi connectivity index (χ0v) is 8.83. The Labute approximate surface area is 85.2 Å². The molecule has 80 valence electrons. The molecule has 1 unspecified atom stereocenters. The SMILES string of the molecule is CN1C(=O)CCN1CCC1CCNC1. The molecule has 4 nitrogen and oxygen atoms in total. The fourth-order valence-electron chi connectivity index (χ4n) is 2.25. The van der Waals surface area contributed by atoms with Crippen LogP contribution in [0.4, 0.5) is 0 Å². The molecular formula is C10H19N3O. The highest BCUT2D eigenvalue weighted by atomic mass is 16.2. The van der Waals surface area contributed by atoms with Crippen molar-refractivity contribution in [3.05, 3.63) is 0 Å². The molecule has 0 aromatic heterocycles.